The van der Waals surface area contributed by atoms with E-state index in [-0.39, 0.29) is 11.9 Å². The molecule has 0 saturated carbocycles. The molecule has 1 amide bonds. The standard InChI is InChI=1S/C21H21N7O/c29-21(25-16-6-8-22-9-7-16)15-3-1-2-13(10-15)19-17-11-14(20-23-12-24-28-20)4-5-18(17)26-27-19/h1-5,10-12,16,22H,6-9H2,(H,25,29)(H,26,27)(H,23,24,28). The molecule has 5 rings (SSSR count). The molecule has 1 aliphatic heterocycles. The Labute approximate surface area is 167 Å². The van der Waals surface area contributed by atoms with Gasteiger partial charge >= 0.3 is 0 Å². The highest BCUT2D eigenvalue weighted by Crippen LogP contribution is 2.29. The minimum absolute atomic E-state index is 0.0417. The van der Waals surface area contributed by atoms with Gasteiger partial charge in [0.25, 0.3) is 5.91 Å². The lowest BCUT2D eigenvalue weighted by Crippen LogP contribution is -2.42. The summed E-state index contributed by atoms with van der Waals surface area (Å²) in [5.41, 5.74) is 4.16. The highest BCUT2D eigenvalue weighted by molar-refractivity contribution is 5.99. The molecular weight excluding hydrogens is 366 g/mol. The number of piperidine rings is 1. The minimum atomic E-state index is -0.0417. The van der Waals surface area contributed by atoms with Crippen molar-refractivity contribution in [1.82, 2.24) is 36.0 Å². The zero-order valence-electron chi connectivity index (χ0n) is 15.8. The highest BCUT2D eigenvalue weighted by Gasteiger charge is 2.17. The molecule has 1 saturated heterocycles. The number of rotatable bonds is 4. The number of aromatic nitrogens is 5. The van der Waals surface area contributed by atoms with Gasteiger partial charge in [0.2, 0.25) is 0 Å². The van der Waals surface area contributed by atoms with Crippen molar-refractivity contribution < 1.29 is 4.79 Å². The lowest BCUT2D eigenvalue weighted by molar-refractivity contribution is 0.0929. The van der Waals surface area contributed by atoms with Crippen LogP contribution in [0.2, 0.25) is 0 Å². The topological polar surface area (TPSA) is 111 Å². The SMILES string of the molecule is O=C(NC1CCNCC1)c1cccc(-c2n[nH]c3ccc(-c4nc[nH]n4)cc23)c1. The monoisotopic (exact) mass is 387 g/mol. The van der Waals surface area contributed by atoms with E-state index >= 15 is 0 Å². The number of carbonyl (C=O) groups is 1. The summed E-state index contributed by atoms with van der Waals surface area (Å²) in [5.74, 6) is 0.592. The molecule has 0 spiro atoms. The van der Waals surface area contributed by atoms with Crippen LogP contribution in [0.15, 0.2) is 48.8 Å². The summed E-state index contributed by atoms with van der Waals surface area (Å²) in [6.07, 6.45) is 3.47. The van der Waals surface area contributed by atoms with Crippen LogP contribution in [0.5, 0.6) is 0 Å². The summed E-state index contributed by atoms with van der Waals surface area (Å²) >= 11 is 0. The number of aromatic amines is 2. The summed E-state index contributed by atoms with van der Waals surface area (Å²) in [6.45, 7) is 1.88. The molecule has 8 nitrogen and oxygen atoms in total. The molecular formula is C21H21N7O. The summed E-state index contributed by atoms with van der Waals surface area (Å²) in [6, 6.07) is 13.8. The van der Waals surface area contributed by atoms with Crippen molar-refractivity contribution in [3.63, 3.8) is 0 Å². The van der Waals surface area contributed by atoms with Gasteiger partial charge in [0, 0.05) is 28.1 Å². The molecule has 1 fully saturated rings. The van der Waals surface area contributed by atoms with Gasteiger partial charge in [-0.1, -0.05) is 12.1 Å². The predicted octanol–water partition coefficient (Wildman–Crippen LogP) is 2.50. The molecule has 3 heterocycles. The third kappa shape index (κ3) is 3.50. The van der Waals surface area contributed by atoms with E-state index in [4.69, 9.17) is 0 Å². The van der Waals surface area contributed by atoms with Crippen molar-refractivity contribution in [2.45, 2.75) is 18.9 Å². The number of carbonyl (C=O) groups excluding carboxylic acids is 1. The summed E-state index contributed by atoms with van der Waals surface area (Å²) in [7, 11) is 0. The molecule has 2 aromatic heterocycles. The van der Waals surface area contributed by atoms with Crippen LogP contribution < -0.4 is 10.6 Å². The van der Waals surface area contributed by atoms with Gasteiger partial charge in [-0.3, -0.25) is 15.0 Å². The number of H-pyrrole nitrogens is 2. The first-order valence-corrected chi connectivity index (χ1v) is 9.74. The van der Waals surface area contributed by atoms with Gasteiger partial charge in [-0.05, 0) is 56.3 Å². The van der Waals surface area contributed by atoms with Crippen molar-refractivity contribution in [2.75, 3.05) is 13.1 Å². The Balaban J connectivity index is 1.46. The second kappa shape index (κ2) is 7.48. The van der Waals surface area contributed by atoms with E-state index in [9.17, 15) is 4.79 Å². The molecule has 2 aromatic carbocycles. The van der Waals surface area contributed by atoms with Crippen LogP contribution in [0, 0.1) is 0 Å². The third-order valence-corrected chi connectivity index (χ3v) is 5.31. The Morgan fingerprint density at radius 2 is 1.93 bits per heavy atom. The average molecular weight is 387 g/mol. The van der Waals surface area contributed by atoms with Crippen LogP contribution in [-0.2, 0) is 0 Å². The molecule has 0 bridgehead atoms. The zero-order valence-corrected chi connectivity index (χ0v) is 15.8. The lowest BCUT2D eigenvalue weighted by atomic mass is 10.0. The Bertz CT molecular complexity index is 1140. The molecule has 1 aliphatic rings. The number of nitrogens with zero attached hydrogens (tertiary/aromatic N) is 3. The van der Waals surface area contributed by atoms with Gasteiger partial charge in [0.05, 0.1) is 11.2 Å². The normalized spacial score (nSPS) is 14.9. The van der Waals surface area contributed by atoms with Gasteiger partial charge in [-0.2, -0.15) is 10.2 Å². The Morgan fingerprint density at radius 1 is 1.03 bits per heavy atom. The van der Waals surface area contributed by atoms with E-state index in [1.807, 2.05) is 42.5 Å². The maximum absolute atomic E-state index is 12.7. The van der Waals surface area contributed by atoms with E-state index < -0.39 is 0 Å². The second-order valence-electron chi connectivity index (χ2n) is 7.23. The maximum atomic E-state index is 12.7. The zero-order chi connectivity index (χ0) is 19.6. The number of benzene rings is 2. The van der Waals surface area contributed by atoms with Crippen LogP contribution in [0.25, 0.3) is 33.5 Å². The summed E-state index contributed by atoms with van der Waals surface area (Å²) in [4.78, 5) is 16.9. The van der Waals surface area contributed by atoms with Crippen LogP contribution >= 0.6 is 0 Å². The lowest BCUT2D eigenvalue weighted by Gasteiger charge is -2.23. The van der Waals surface area contributed by atoms with Crippen molar-refractivity contribution >= 4 is 16.8 Å². The van der Waals surface area contributed by atoms with Gasteiger partial charge in [-0.25, -0.2) is 4.98 Å². The van der Waals surface area contributed by atoms with Crippen LogP contribution in [-0.4, -0.2) is 50.4 Å². The molecule has 0 radical (unpaired) electrons. The first-order chi connectivity index (χ1) is 14.3. The van der Waals surface area contributed by atoms with Crippen LogP contribution in [0.4, 0.5) is 0 Å². The number of hydrogen-bond donors (Lipinski definition) is 4. The number of hydrogen-bond acceptors (Lipinski definition) is 5. The first-order valence-electron chi connectivity index (χ1n) is 9.74. The van der Waals surface area contributed by atoms with Crippen molar-refractivity contribution in [3.05, 3.63) is 54.4 Å². The molecule has 0 unspecified atom stereocenters. The van der Waals surface area contributed by atoms with E-state index in [0.29, 0.717) is 11.4 Å². The molecule has 29 heavy (non-hydrogen) atoms. The molecule has 0 atom stereocenters. The quantitative estimate of drug-likeness (QED) is 0.430. The summed E-state index contributed by atoms with van der Waals surface area (Å²) < 4.78 is 0. The molecule has 4 aromatic rings. The Kier molecular flexibility index (Phi) is 4.53. The number of fused-ring (bicyclic) bond motifs is 1. The van der Waals surface area contributed by atoms with Crippen molar-refractivity contribution in [2.24, 2.45) is 0 Å². The van der Waals surface area contributed by atoms with Gasteiger partial charge in [-0.15, -0.1) is 0 Å². The summed E-state index contributed by atoms with van der Waals surface area (Å²) in [5, 5.41) is 21.9. The molecule has 8 heteroatoms. The fourth-order valence-electron chi connectivity index (χ4n) is 3.76. The highest BCUT2D eigenvalue weighted by atomic mass is 16.1. The fraction of sp³-hybridized carbons (Fsp3) is 0.238. The number of amides is 1. The van der Waals surface area contributed by atoms with E-state index in [2.05, 4.69) is 36.0 Å². The van der Waals surface area contributed by atoms with E-state index in [0.717, 1.165) is 53.7 Å². The Hall–Kier alpha value is -3.52. The van der Waals surface area contributed by atoms with Crippen molar-refractivity contribution in [1.29, 1.82) is 0 Å². The van der Waals surface area contributed by atoms with Gasteiger partial charge in [0.15, 0.2) is 5.82 Å². The van der Waals surface area contributed by atoms with Crippen molar-refractivity contribution in [3.8, 4) is 22.6 Å². The maximum Gasteiger partial charge on any atom is 0.251 e. The smallest absolute Gasteiger partial charge is 0.251 e. The largest absolute Gasteiger partial charge is 0.349 e. The van der Waals surface area contributed by atoms with Crippen LogP contribution in [0.3, 0.4) is 0 Å². The van der Waals surface area contributed by atoms with E-state index in [1.54, 1.807) is 6.33 Å². The van der Waals surface area contributed by atoms with Gasteiger partial charge in [0.1, 0.15) is 6.33 Å². The Morgan fingerprint density at radius 3 is 2.76 bits per heavy atom. The van der Waals surface area contributed by atoms with Crippen LogP contribution in [0.1, 0.15) is 23.2 Å². The molecule has 146 valence electrons. The average Bonchev–Trinajstić information content (AvgIpc) is 3.44. The predicted molar refractivity (Wildman–Crippen MR) is 110 cm³/mol. The second-order valence-corrected chi connectivity index (χ2v) is 7.23. The van der Waals surface area contributed by atoms with E-state index in [1.165, 1.54) is 0 Å². The number of nitrogens with one attached hydrogen (secondary N) is 4. The minimum Gasteiger partial charge on any atom is -0.349 e. The van der Waals surface area contributed by atoms with Gasteiger partial charge < -0.3 is 10.6 Å². The molecule has 0 aliphatic carbocycles. The first kappa shape index (κ1) is 17.6. The molecule has 4 N–H and O–H groups in total. The third-order valence-electron chi connectivity index (χ3n) is 5.31. The fourth-order valence-corrected chi connectivity index (χ4v) is 3.76.